The molecular weight excluding hydrogens is 292 g/mol. The Kier molecular flexibility index (Phi) is 4.05. The zero-order valence-electron chi connectivity index (χ0n) is 12.9. The fraction of sp³-hybridized carbons (Fsp3) is 0.118. The summed E-state index contributed by atoms with van der Waals surface area (Å²) in [5.41, 5.74) is 2.91. The second-order valence-electron chi connectivity index (χ2n) is 4.99. The number of ether oxygens (including phenoxy) is 1. The minimum Gasteiger partial charge on any atom is -0.481 e. The maximum atomic E-state index is 12.6. The number of aromatic nitrogens is 3. The Balaban J connectivity index is 1.95. The number of aryl methyl sites for hydroxylation is 1. The Bertz CT molecular complexity index is 842. The van der Waals surface area contributed by atoms with Crippen LogP contribution in [0.3, 0.4) is 0 Å². The van der Waals surface area contributed by atoms with Gasteiger partial charge >= 0.3 is 0 Å². The fourth-order valence-corrected chi connectivity index (χ4v) is 2.31. The van der Waals surface area contributed by atoms with E-state index in [1.165, 1.54) is 0 Å². The van der Waals surface area contributed by atoms with E-state index in [4.69, 9.17) is 4.74 Å². The van der Waals surface area contributed by atoms with E-state index in [0.717, 1.165) is 11.1 Å². The summed E-state index contributed by atoms with van der Waals surface area (Å²) in [5, 5.41) is 6.89. The normalized spacial score (nSPS) is 10.3. The largest absolute Gasteiger partial charge is 0.481 e. The maximum Gasteiger partial charge on any atom is 0.256 e. The van der Waals surface area contributed by atoms with E-state index in [1.807, 2.05) is 24.3 Å². The second-order valence-corrected chi connectivity index (χ2v) is 4.99. The number of rotatable bonds is 4. The maximum absolute atomic E-state index is 12.6. The molecule has 0 saturated heterocycles. The first-order valence-corrected chi connectivity index (χ1v) is 7.07. The van der Waals surface area contributed by atoms with Gasteiger partial charge in [0.1, 0.15) is 0 Å². The molecule has 1 N–H and O–H groups in total. The molecule has 0 aliphatic heterocycles. The van der Waals surface area contributed by atoms with Crippen LogP contribution in [0.1, 0.15) is 10.4 Å². The van der Waals surface area contributed by atoms with Gasteiger partial charge in [0.2, 0.25) is 5.88 Å². The number of methoxy groups -OCH3 is 1. The third-order valence-corrected chi connectivity index (χ3v) is 3.39. The molecule has 0 aliphatic rings. The van der Waals surface area contributed by atoms with Gasteiger partial charge in [-0.1, -0.05) is 18.2 Å². The van der Waals surface area contributed by atoms with E-state index in [2.05, 4.69) is 15.4 Å². The van der Waals surface area contributed by atoms with Crippen molar-refractivity contribution in [3.05, 3.63) is 60.6 Å². The topological polar surface area (TPSA) is 69.0 Å². The van der Waals surface area contributed by atoms with Crippen molar-refractivity contribution in [3.8, 4) is 17.0 Å². The molecule has 6 heteroatoms. The first-order valence-electron chi connectivity index (χ1n) is 7.07. The van der Waals surface area contributed by atoms with E-state index in [-0.39, 0.29) is 5.91 Å². The second kappa shape index (κ2) is 6.31. The lowest BCUT2D eigenvalue weighted by molar-refractivity contribution is 0.102. The predicted octanol–water partition coefficient (Wildman–Crippen LogP) is 2.74. The Labute approximate surface area is 133 Å². The van der Waals surface area contributed by atoms with Crippen molar-refractivity contribution in [2.75, 3.05) is 12.4 Å². The van der Waals surface area contributed by atoms with E-state index in [0.29, 0.717) is 17.1 Å². The molecule has 0 saturated carbocycles. The van der Waals surface area contributed by atoms with Crippen LogP contribution in [0, 0.1) is 0 Å². The number of nitrogens with zero attached hydrogens (tertiary/aromatic N) is 3. The Morgan fingerprint density at radius 1 is 1.26 bits per heavy atom. The van der Waals surface area contributed by atoms with Crippen molar-refractivity contribution < 1.29 is 9.53 Å². The molecule has 0 unspecified atom stereocenters. The average molecular weight is 308 g/mol. The minimum atomic E-state index is -0.190. The molecule has 0 bridgehead atoms. The summed E-state index contributed by atoms with van der Waals surface area (Å²) in [7, 11) is 3.36. The van der Waals surface area contributed by atoms with Gasteiger partial charge in [-0.2, -0.15) is 5.10 Å². The van der Waals surface area contributed by atoms with Gasteiger partial charge in [-0.3, -0.25) is 9.48 Å². The number of hydrogen-bond acceptors (Lipinski definition) is 4. The van der Waals surface area contributed by atoms with Gasteiger partial charge in [0.05, 0.1) is 19.0 Å². The number of amides is 1. The number of benzene rings is 1. The molecule has 0 fully saturated rings. The number of hydrogen-bond donors (Lipinski definition) is 1. The molecule has 6 nitrogen and oxygen atoms in total. The highest BCUT2D eigenvalue weighted by Crippen LogP contribution is 2.26. The quantitative estimate of drug-likeness (QED) is 0.804. The molecule has 23 heavy (non-hydrogen) atoms. The van der Waals surface area contributed by atoms with Crippen LogP contribution in [0.2, 0.25) is 0 Å². The molecule has 0 radical (unpaired) electrons. The summed E-state index contributed by atoms with van der Waals surface area (Å²) in [5.74, 6) is 0.314. The smallest absolute Gasteiger partial charge is 0.256 e. The van der Waals surface area contributed by atoms with Crippen LogP contribution in [-0.2, 0) is 7.05 Å². The molecule has 1 amide bonds. The zero-order chi connectivity index (χ0) is 16.2. The highest BCUT2D eigenvalue weighted by Gasteiger charge is 2.13. The molecule has 1 aromatic carbocycles. The van der Waals surface area contributed by atoms with Crippen molar-refractivity contribution in [3.63, 3.8) is 0 Å². The summed E-state index contributed by atoms with van der Waals surface area (Å²) >= 11 is 0. The lowest BCUT2D eigenvalue weighted by Gasteiger charge is -2.10. The third kappa shape index (κ3) is 3.21. The standard InChI is InChI=1S/C17H16N4O2/c1-21-11-13(10-19-21)20-17(22)15-6-4-3-5-14(15)12-7-8-18-16(9-12)23-2/h3-11H,1-2H3,(H,20,22). The summed E-state index contributed by atoms with van der Waals surface area (Å²) < 4.78 is 6.79. The number of carbonyl (C=O) groups excluding carboxylic acids is 1. The Hall–Kier alpha value is -3.15. The molecule has 3 rings (SSSR count). The minimum absolute atomic E-state index is 0.190. The van der Waals surface area contributed by atoms with Crippen molar-refractivity contribution >= 4 is 11.6 Å². The summed E-state index contributed by atoms with van der Waals surface area (Å²) in [6.45, 7) is 0. The van der Waals surface area contributed by atoms with E-state index >= 15 is 0 Å². The highest BCUT2D eigenvalue weighted by molar-refractivity contribution is 6.08. The van der Waals surface area contributed by atoms with Gasteiger partial charge in [-0.15, -0.1) is 0 Å². The Morgan fingerprint density at radius 3 is 2.83 bits per heavy atom. The first-order chi connectivity index (χ1) is 11.2. The first kappa shape index (κ1) is 14.8. The number of nitrogens with one attached hydrogen (secondary N) is 1. The van der Waals surface area contributed by atoms with Crippen molar-refractivity contribution in [1.82, 2.24) is 14.8 Å². The summed E-state index contributed by atoms with van der Waals surface area (Å²) in [6.07, 6.45) is 5.01. The predicted molar refractivity (Wildman–Crippen MR) is 87.4 cm³/mol. The van der Waals surface area contributed by atoms with Gasteiger partial charge in [0.15, 0.2) is 0 Å². The SMILES string of the molecule is COc1cc(-c2ccccc2C(=O)Nc2cnn(C)c2)ccn1. The molecule has 2 heterocycles. The van der Waals surface area contributed by atoms with Gasteiger partial charge in [0, 0.05) is 31.1 Å². The lowest BCUT2D eigenvalue weighted by Crippen LogP contribution is -2.12. The van der Waals surface area contributed by atoms with Crippen LogP contribution in [0.15, 0.2) is 55.0 Å². The van der Waals surface area contributed by atoms with Gasteiger partial charge in [-0.05, 0) is 23.3 Å². The van der Waals surface area contributed by atoms with Crippen molar-refractivity contribution in [1.29, 1.82) is 0 Å². The van der Waals surface area contributed by atoms with Crippen LogP contribution in [0.25, 0.3) is 11.1 Å². The molecular formula is C17H16N4O2. The van der Waals surface area contributed by atoms with E-state index in [9.17, 15) is 4.79 Å². The van der Waals surface area contributed by atoms with Gasteiger partial charge < -0.3 is 10.1 Å². The summed E-state index contributed by atoms with van der Waals surface area (Å²) in [4.78, 5) is 16.7. The van der Waals surface area contributed by atoms with Crippen molar-refractivity contribution in [2.45, 2.75) is 0 Å². The third-order valence-electron chi connectivity index (χ3n) is 3.39. The monoisotopic (exact) mass is 308 g/mol. The number of anilines is 1. The Morgan fingerprint density at radius 2 is 2.09 bits per heavy atom. The molecule has 116 valence electrons. The van der Waals surface area contributed by atoms with E-state index < -0.39 is 0 Å². The molecule has 2 aromatic heterocycles. The van der Waals surface area contributed by atoms with Gasteiger partial charge in [0.25, 0.3) is 5.91 Å². The van der Waals surface area contributed by atoms with Gasteiger partial charge in [-0.25, -0.2) is 4.98 Å². The lowest BCUT2D eigenvalue weighted by atomic mass is 10.00. The van der Waals surface area contributed by atoms with Crippen LogP contribution < -0.4 is 10.1 Å². The molecule has 0 aliphatic carbocycles. The average Bonchev–Trinajstić information content (AvgIpc) is 2.99. The number of pyridine rings is 1. The number of carbonyl (C=O) groups is 1. The highest BCUT2D eigenvalue weighted by atomic mass is 16.5. The summed E-state index contributed by atoms with van der Waals surface area (Å²) in [6, 6.07) is 11.1. The molecule has 3 aromatic rings. The molecule has 0 atom stereocenters. The van der Waals surface area contributed by atoms with Crippen molar-refractivity contribution in [2.24, 2.45) is 7.05 Å². The van der Waals surface area contributed by atoms with Crippen LogP contribution >= 0.6 is 0 Å². The van der Waals surface area contributed by atoms with E-state index in [1.54, 1.807) is 49.6 Å². The fourth-order valence-electron chi connectivity index (χ4n) is 2.31. The van der Waals surface area contributed by atoms with Crippen LogP contribution in [-0.4, -0.2) is 27.8 Å². The van der Waals surface area contributed by atoms with Crippen LogP contribution in [0.4, 0.5) is 5.69 Å². The zero-order valence-corrected chi connectivity index (χ0v) is 12.9. The van der Waals surface area contributed by atoms with Crippen LogP contribution in [0.5, 0.6) is 5.88 Å². The molecule has 0 spiro atoms.